The molecule has 124 valence electrons. The van der Waals surface area contributed by atoms with Gasteiger partial charge in [-0.3, -0.25) is 0 Å². The molecule has 1 saturated heterocycles. The van der Waals surface area contributed by atoms with Gasteiger partial charge in [0, 0.05) is 6.04 Å². The first kappa shape index (κ1) is 17.6. The topological polar surface area (TPSA) is 42.5 Å². The highest BCUT2D eigenvalue weighted by molar-refractivity contribution is 5.85. The summed E-state index contributed by atoms with van der Waals surface area (Å²) in [4.78, 5) is 10.9. The maximum atomic E-state index is 5.50. The van der Waals surface area contributed by atoms with E-state index in [4.69, 9.17) is 9.78 Å². The first-order chi connectivity index (χ1) is 10.9. The van der Waals surface area contributed by atoms with E-state index in [0.29, 0.717) is 12.6 Å². The van der Waals surface area contributed by atoms with Gasteiger partial charge in [0.05, 0.1) is 5.69 Å². The molecule has 3 rings (SSSR count). The number of piperidine rings is 1. The SMILES string of the molecule is Cl.c1ccc(COOc2ccccc2NC2CCNCC2)cc1. The van der Waals surface area contributed by atoms with Gasteiger partial charge in [0.25, 0.3) is 0 Å². The molecule has 0 spiro atoms. The molecule has 0 amide bonds. The van der Waals surface area contributed by atoms with Crippen LogP contribution < -0.4 is 15.5 Å². The molecule has 5 heteroatoms. The quantitative estimate of drug-likeness (QED) is 0.623. The number of rotatable bonds is 6. The van der Waals surface area contributed by atoms with E-state index in [1.807, 2.05) is 54.6 Å². The molecule has 1 heterocycles. The molecular weight excluding hydrogens is 312 g/mol. The van der Waals surface area contributed by atoms with Crippen LogP contribution in [0.15, 0.2) is 54.6 Å². The van der Waals surface area contributed by atoms with Gasteiger partial charge < -0.3 is 15.5 Å². The number of anilines is 1. The maximum absolute atomic E-state index is 5.50. The smallest absolute Gasteiger partial charge is 0.188 e. The van der Waals surface area contributed by atoms with Gasteiger partial charge in [0.1, 0.15) is 6.61 Å². The van der Waals surface area contributed by atoms with Gasteiger partial charge in [0.15, 0.2) is 5.75 Å². The highest BCUT2D eigenvalue weighted by Gasteiger charge is 2.14. The van der Waals surface area contributed by atoms with E-state index >= 15 is 0 Å². The fraction of sp³-hybridized carbons (Fsp3) is 0.333. The van der Waals surface area contributed by atoms with E-state index < -0.39 is 0 Å². The second-order valence-electron chi connectivity index (χ2n) is 5.50. The Morgan fingerprint density at radius 3 is 2.43 bits per heavy atom. The van der Waals surface area contributed by atoms with Gasteiger partial charge in [-0.25, -0.2) is 0 Å². The second-order valence-corrected chi connectivity index (χ2v) is 5.50. The lowest BCUT2D eigenvalue weighted by atomic mass is 10.1. The first-order valence-corrected chi connectivity index (χ1v) is 7.81. The van der Waals surface area contributed by atoms with Crippen LogP contribution in [0.25, 0.3) is 0 Å². The molecule has 0 unspecified atom stereocenters. The normalized spacial score (nSPS) is 14.8. The fourth-order valence-electron chi connectivity index (χ4n) is 2.58. The van der Waals surface area contributed by atoms with Crippen molar-refractivity contribution in [3.8, 4) is 5.75 Å². The zero-order chi connectivity index (χ0) is 15.0. The summed E-state index contributed by atoms with van der Waals surface area (Å²) in [6.45, 7) is 2.55. The van der Waals surface area contributed by atoms with Crippen LogP contribution in [-0.4, -0.2) is 19.1 Å². The summed E-state index contributed by atoms with van der Waals surface area (Å²) in [6, 6.07) is 18.4. The van der Waals surface area contributed by atoms with Crippen molar-refractivity contribution in [1.82, 2.24) is 5.32 Å². The number of nitrogens with one attached hydrogen (secondary N) is 2. The summed E-state index contributed by atoms with van der Waals surface area (Å²) < 4.78 is 0. The molecule has 0 aromatic heterocycles. The lowest BCUT2D eigenvalue weighted by Crippen LogP contribution is -2.35. The number of benzene rings is 2. The van der Waals surface area contributed by atoms with Crippen LogP contribution in [-0.2, 0) is 11.5 Å². The molecule has 1 fully saturated rings. The van der Waals surface area contributed by atoms with Gasteiger partial charge in [-0.15, -0.1) is 12.4 Å². The average molecular weight is 335 g/mol. The van der Waals surface area contributed by atoms with E-state index in [1.54, 1.807) is 0 Å². The average Bonchev–Trinajstić information content (AvgIpc) is 2.58. The molecule has 0 radical (unpaired) electrons. The minimum atomic E-state index is 0. The Labute approximate surface area is 143 Å². The van der Waals surface area contributed by atoms with Crippen molar-refractivity contribution >= 4 is 18.1 Å². The summed E-state index contributed by atoms with van der Waals surface area (Å²) >= 11 is 0. The lowest BCUT2D eigenvalue weighted by Gasteiger charge is -2.25. The van der Waals surface area contributed by atoms with Crippen LogP contribution in [0.4, 0.5) is 5.69 Å². The van der Waals surface area contributed by atoms with Crippen LogP contribution >= 0.6 is 12.4 Å². The zero-order valence-electron chi connectivity index (χ0n) is 13.0. The molecule has 1 aliphatic rings. The zero-order valence-corrected chi connectivity index (χ0v) is 13.9. The van der Waals surface area contributed by atoms with Gasteiger partial charge in [-0.1, -0.05) is 42.5 Å². The van der Waals surface area contributed by atoms with Crippen molar-refractivity contribution < 1.29 is 9.78 Å². The Morgan fingerprint density at radius 1 is 0.957 bits per heavy atom. The third kappa shape index (κ3) is 5.43. The Hall–Kier alpha value is -1.75. The van der Waals surface area contributed by atoms with Crippen LogP contribution in [0.5, 0.6) is 5.75 Å². The second kappa shape index (κ2) is 9.40. The molecule has 2 N–H and O–H groups in total. The maximum Gasteiger partial charge on any atom is 0.188 e. The van der Waals surface area contributed by atoms with Gasteiger partial charge >= 0.3 is 0 Å². The largest absolute Gasteiger partial charge is 0.379 e. The molecule has 23 heavy (non-hydrogen) atoms. The van der Waals surface area contributed by atoms with Crippen molar-refractivity contribution in [2.75, 3.05) is 18.4 Å². The Kier molecular flexibility index (Phi) is 7.20. The monoisotopic (exact) mass is 334 g/mol. The van der Waals surface area contributed by atoms with Crippen molar-refractivity contribution in [2.24, 2.45) is 0 Å². The summed E-state index contributed by atoms with van der Waals surface area (Å²) in [7, 11) is 0. The van der Waals surface area contributed by atoms with Gasteiger partial charge in [-0.2, -0.15) is 4.89 Å². The molecule has 0 atom stereocenters. The summed E-state index contributed by atoms with van der Waals surface area (Å²) in [6.07, 6.45) is 2.25. The number of hydrogen-bond donors (Lipinski definition) is 2. The highest BCUT2D eigenvalue weighted by atomic mass is 35.5. The summed E-state index contributed by atoms with van der Waals surface area (Å²) in [5, 5.41) is 6.92. The van der Waals surface area contributed by atoms with Crippen LogP contribution in [0.2, 0.25) is 0 Å². The standard InChI is InChI=1S/C18H22N2O2.ClH/c1-2-6-15(7-3-1)14-21-22-18-9-5-4-8-17(18)20-16-10-12-19-13-11-16;/h1-9,16,19-20H,10-14H2;1H. The van der Waals surface area contributed by atoms with Crippen LogP contribution in [0, 0.1) is 0 Å². The van der Waals surface area contributed by atoms with Crippen molar-refractivity contribution in [3.63, 3.8) is 0 Å². The third-order valence-corrected chi connectivity index (χ3v) is 3.80. The number of hydrogen-bond acceptors (Lipinski definition) is 4. The van der Waals surface area contributed by atoms with E-state index in [1.165, 1.54) is 0 Å². The molecule has 0 bridgehead atoms. The molecule has 0 aliphatic carbocycles. The molecule has 1 aliphatic heterocycles. The van der Waals surface area contributed by atoms with Crippen molar-refractivity contribution in [2.45, 2.75) is 25.5 Å². The Morgan fingerprint density at radius 2 is 1.65 bits per heavy atom. The molecule has 2 aromatic carbocycles. The highest BCUT2D eigenvalue weighted by Crippen LogP contribution is 2.26. The third-order valence-electron chi connectivity index (χ3n) is 3.80. The molecule has 2 aromatic rings. The van der Waals surface area contributed by atoms with Crippen LogP contribution in [0.3, 0.4) is 0 Å². The predicted molar refractivity (Wildman–Crippen MR) is 95.1 cm³/mol. The van der Waals surface area contributed by atoms with E-state index in [2.05, 4.69) is 10.6 Å². The summed E-state index contributed by atoms with van der Waals surface area (Å²) in [5.41, 5.74) is 2.08. The van der Waals surface area contributed by atoms with E-state index in [0.717, 1.165) is 42.9 Å². The van der Waals surface area contributed by atoms with E-state index in [9.17, 15) is 0 Å². The van der Waals surface area contributed by atoms with E-state index in [-0.39, 0.29) is 12.4 Å². The number of para-hydroxylation sites is 2. The molecule has 4 nitrogen and oxygen atoms in total. The minimum absolute atomic E-state index is 0. The van der Waals surface area contributed by atoms with Gasteiger partial charge in [-0.05, 0) is 43.6 Å². The first-order valence-electron chi connectivity index (χ1n) is 7.81. The minimum Gasteiger partial charge on any atom is -0.379 e. The molecule has 0 saturated carbocycles. The van der Waals surface area contributed by atoms with Crippen molar-refractivity contribution in [1.29, 1.82) is 0 Å². The summed E-state index contributed by atoms with van der Waals surface area (Å²) in [5.74, 6) is 0.733. The van der Waals surface area contributed by atoms with Gasteiger partial charge in [0.2, 0.25) is 0 Å². The Balaban J connectivity index is 0.00000192. The molecular formula is C18H23ClN2O2. The Bertz CT molecular complexity index is 574. The fourth-order valence-corrected chi connectivity index (χ4v) is 2.58. The van der Waals surface area contributed by atoms with Crippen LogP contribution in [0.1, 0.15) is 18.4 Å². The van der Waals surface area contributed by atoms with Crippen molar-refractivity contribution in [3.05, 3.63) is 60.2 Å². The predicted octanol–water partition coefficient (Wildman–Crippen LogP) is 3.78. The lowest BCUT2D eigenvalue weighted by molar-refractivity contribution is -0.217. The number of halogens is 1.